The lowest BCUT2D eigenvalue weighted by molar-refractivity contribution is -0.147. The second-order valence-electron chi connectivity index (χ2n) is 6.23. The van der Waals surface area contributed by atoms with Gasteiger partial charge in [-0.25, -0.2) is 0 Å². The number of nitrogens with one attached hydrogen (secondary N) is 2. The normalized spacial score (nSPS) is 11.4. The number of carbonyl (C=O) groups is 3. The molecule has 28 heavy (non-hydrogen) atoms. The van der Waals surface area contributed by atoms with Crippen molar-refractivity contribution in [3.05, 3.63) is 70.2 Å². The van der Waals surface area contributed by atoms with Crippen molar-refractivity contribution in [3.8, 4) is 0 Å². The third-order valence-electron chi connectivity index (χ3n) is 4.13. The maximum atomic E-state index is 12.0. The van der Waals surface area contributed by atoms with Crippen molar-refractivity contribution < 1.29 is 19.1 Å². The first-order valence-electron chi connectivity index (χ1n) is 8.96. The molecule has 2 N–H and O–H groups in total. The molecular formula is C21H23ClN2O4. The van der Waals surface area contributed by atoms with E-state index in [2.05, 4.69) is 17.6 Å². The van der Waals surface area contributed by atoms with E-state index >= 15 is 0 Å². The third-order valence-corrected chi connectivity index (χ3v) is 4.38. The molecule has 2 aromatic carbocycles. The monoisotopic (exact) mass is 402 g/mol. The van der Waals surface area contributed by atoms with Gasteiger partial charge in [0.15, 0.2) is 6.61 Å². The van der Waals surface area contributed by atoms with E-state index in [-0.39, 0.29) is 12.6 Å². The van der Waals surface area contributed by atoms with Gasteiger partial charge in [-0.15, -0.1) is 0 Å². The van der Waals surface area contributed by atoms with Gasteiger partial charge in [0.1, 0.15) is 6.54 Å². The molecule has 0 bridgehead atoms. The summed E-state index contributed by atoms with van der Waals surface area (Å²) in [7, 11) is 0. The van der Waals surface area contributed by atoms with Gasteiger partial charge in [0, 0.05) is 10.6 Å². The minimum Gasteiger partial charge on any atom is -0.454 e. The zero-order chi connectivity index (χ0) is 20.5. The summed E-state index contributed by atoms with van der Waals surface area (Å²) in [5, 5.41) is 5.71. The van der Waals surface area contributed by atoms with E-state index in [0.29, 0.717) is 10.6 Å². The number of aryl methyl sites for hydroxylation is 1. The first-order valence-corrected chi connectivity index (χ1v) is 9.34. The summed E-state index contributed by atoms with van der Waals surface area (Å²) in [5.41, 5.74) is 2.56. The first kappa shape index (κ1) is 21.4. The maximum absolute atomic E-state index is 12.0. The van der Waals surface area contributed by atoms with Crippen LogP contribution in [0.25, 0.3) is 0 Å². The van der Waals surface area contributed by atoms with Gasteiger partial charge in [0.2, 0.25) is 0 Å². The number of ether oxygens (including phenoxy) is 1. The number of carbonyl (C=O) groups excluding carboxylic acids is 3. The van der Waals surface area contributed by atoms with Crippen molar-refractivity contribution >= 4 is 29.4 Å². The molecular weight excluding hydrogens is 380 g/mol. The predicted octanol–water partition coefficient (Wildman–Crippen LogP) is 3.05. The van der Waals surface area contributed by atoms with Crippen molar-refractivity contribution in [2.45, 2.75) is 26.3 Å². The van der Waals surface area contributed by atoms with Gasteiger partial charge in [0.05, 0.1) is 6.04 Å². The van der Waals surface area contributed by atoms with Crippen LogP contribution in [0.15, 0.2) is 48.5 Å². The van der Waals surface area contributed by atoms with Crippen LogP contribution >= 0.6 is 11.6 Å². The van der Waals surface area contributed by atoms with E-state index in [9.17, 15) is 14.4 Å². The van der Waals surface area contributed by atoms with Crippen molar-refractivity contribution in [1.82, 2.24) is 10.6 Å². The average molecular weight is 403 g/mol. The highest BCUT2D eigenvalue weighted by Gasteiger charge is 2.13. The van der Waals surface area contributed by atoms with Crippen LogP contribution in [0.4, 0.5) is 0 Å². The number of hydrogen-bond acceptors (Lipinski definition) is 4. The molecule has 2 rings (SSSR count). The van der Waals surface area contributed by atoms with Crippen LogP contribution < -0.4 is 10.6 Å². The van der Waals surface area contributed by atoms with Crippen molar-refractivity contribution in [1.29, 1.82) is 0 Å². The third kappa shape index (κ3) is 6.70. The molecule has 0 saturated carbocycles. The first-order chi connectivity index (χ1) is 13.4. The fourth-order valence-corrected chi connectivity index (χ4v) is 2.59. The summed E-state index contributed by atoms with van der Waals surface area (Å²) in [6.07, 6.45) is 0.950. The SMILES string of the molecule is CCc1ccc([C@@H](C)NC(=O)COC(=O)CNC(=O)c2ccc(Cl)cc2)cc1. The number of halogens is 1. The molecule has 1 atom stereocenters. The molecule has 0 saturated heterocycles. The van der Waals surface area contributed by atoms with Crippen LogP contribution in [0.2, 0.25) is 5.02 Å². The smallest absolute Gasteiger partial charge is 0.325 e. The summed E-state index contributed by atoms with van der Waals surface area (Å²) >= 11 is 5.76. The molecule has 0 radical (unpaired) electrons. The fraction of sp³-hybridized carbons (Fsp3) is 0.286. The van der Waals surface area contributed by atoms with Gasteiger partial charge >= 0.3 is 5.97 Å². The van der Waals surface area contributed by atoms with E-state index in [1.807, 2.05) is 31.2 Å². The summed E-state index contributed by atoms with van der Waals surface area (Å²) in [6, 6.07) is 14.0. The lowest BCUT2D eigenvalue weighted by atomic mass is 10.1. The zero-order valence-electron chi connectivity index (χ0n) is 15.8. The quantitative estimate of drug-likeness (QED) is 0.664. The van der Waals surface area contributed by atoms with Gasteiger partial charge in [-0.1, -0.05) is 42.8 Å². The Labute approximate surface area is 169 Å². The molecule has 0 aliphatic heterocycles. The fourth-order valence-electron chi connectivity index (χ4n) is 2.46. The zero-order valence-corrected chi connectivity index (χ0v) is 16.6. The summed E-state index contributed by atoms with van der Waals surface area (Å²) in [5.74, 6) is -1.54. The van der Waals surface area contributed by atoms with E-state index in [1.165, 1.54) is 5.56 Å². The molecule has 7 heteroatoms. The Morgan fingerprint density at radius 1 is 1.04 bits per heavy atom. The highest BCUT2D eigenvalue weighted by molar-refractivity contribution is 6.30. The minimum atomic E-state index is -0.697. The number of hydrogen-bond donors (Lipinski definition) is 2. The lowest BCUT2D eigenvalue weighted by Crippen LogP contribution is -2.34. The standard InChI is InChI=1S/C21H23ClN2O4/c1-3-15-4-6-16(7-5-15)14(2)24-19(25)13-28-20(26)12-23-21(27)17-8-10-18(22)11-9-17/h4-11,14H,3,12-13H2,1-2H3,(H,23,27)(H,24,25)/t14-/m1/s1. The molecule has 6 nitrogen and oxygen atoms in total. The molecule has 0 spiro atoms. The summed E-state index contributed by atoms with van der Waals surface area (Å²) in [4.78, 5) is 35.6. The van der Waals surface area contributed by atoms with Crippen LogP contribution in [0.1, 0.15) is 41.4 Å². The number of esters is 1. The van der Waals surface area contributed by atoms with Gasteiger partial charge in [-0.2, -0.15) is 0 Å². The lowest BCUT2D eigenvalue weighted by Gasteiger charge is -2.15. The van der Waals surface area contributed by atoms with Gasteiger partial charge in [-0.3, -0.25) is 14.4 Å². The Hall–Kier alpha value is -2.86. The molecule has 2 amide bonds. The van der Waals surface area contributed by atoms with Crippen molar-refractivity contribution in [2.24, 2.45) is 0 Å². The number of rotatable bonds is 8. The number of benzene rings is 2. The molecule has 0 aromatic heterocycles. The maximum Gasteiger partial charge on any atom is 0.325 e. The Bertz CT molecular complexity index is 819. The van der Waals surface area contributed by atoms with Crippen LogP contribution in [-0.2, 0) is 20.7 Å². The molecule has 148 valence electrons. The van der Waals surface area contributed by atoms with Crippen LogP contribution in [0, 0.1) is 0 Å². The number of amides is 2. The average Bonchev–Trinajstić information content (AvgIpc) is 2.71. The summed E-state index contributed by atoms with van der Waals surface area (Å²) in [6.45, 7) is 3.19. The largest absolute Gasteiger partial charge is 0.454 e. The highest BCUT2D eigenvalue weighted by atomic mass is 35.5. The second-order valence-corrected chi connectivity index (χ2v) is 6.67. The molecule has 0 fully saturated rings. The Kier molecular flexibility index (Phi) is 8.02. The highest BCUT2D eigenvalue weighted by Crippen LogP contribution is 2.13. The van der Waals surface area contributed by atoms with E-state index < -0.39 is 24.4 Å². The second kappa shape index (κ2) is 10.5. The predicted molar refractivity (Wildman–Crippen MR) is 107 cm³/mol. The van der Waals surface area contributed by atoms with Crippen molar-refractivity contribution in [3.63, 3.8) is 0 Å². The van der Waals surface area contributed by atoms with Gasteiger partial charge < -0.3 is 15.4 Å². The van der Waals surface area contributed by atoms with E-state index in [0.717, 1.165) is 12.0 Å². The molecule has 0 heterocycles. The van der Waals surface area contributed by atoms with Gasteiger partial charge in [-0.05, 0) is 48.7 Å². The minimum absolute atomic E-state index is 0.207. The molecule has 2 aromatic rings. The van der Waals surface area contributed by atoms with E-state index in [4.69, 9.17) is 16.3 Å². The topological polar surface area (TPSA) is 84.5 Å². The summed E-state index contributed by atoms with van der Waals surface area (Å²) < 4.78 is 4.90. The van der Waals surface area contributed by atoms with Crippen LogP contribution in [-0.4, -0.2) is 30.9 Å². The van der Waals surface area contributed by atoms with Gasteiger partial charge in [0.25, 0.3) is 11.8 Å². The van der Waals surface area contributed by atoms with Crippen LogP contribution in [0.5, 0.6) is 0 Å². The van der Waals surface area contributed by atoms with Crippen molar-refractivity contribution in [2.75, 3.05) is 13.2 Å². The molecule has 0 aliphatic rings. The van der Waals surface area contributed by atoms with E-state index in [1.54, 1.807) is 24.3 Å². The Balaban J connectivity index is 1.71. The van der Waals surface area contributed by atoms with Crippen LogP contribution in [0.3, 0.4) is 0 Å². The molecule has 0 aliphatic carbocycles. The Morgan fingerprint density at radius 3 is 2.29 bits per heavy atom. The Morgan fingerprint density at radius 2 is 1.68 bits per heavy atom. The molecule has 0 unspecified atom stereocenters.